The first-order chi connectivity index (χ1) is 11.4. The Kier molecular flexibility index (Phi) is 4.32. The topological polar surface area (TPSA) is 55.5 Å². The van der Waals surface area contributed by atoms with Gasteiger partial charge in [0, 0.05) is 28.8 Å². The molecule has 0 fully saturated rings. The maximum absolute atomic E-state index is 13.3. The average molecular weight is 344 g/mol. The van der Waals surface area contributed by atoms with E-state index in [0.717, 1.165) is 11.1 Å². The first-order valence-electron chi connectivity index (χ1n) is 7.46. The molecular formula is C18H17FN2O2S. The molecule has 0 spiro atoms. The van der Waals surface area contributed by atoms with Crippen molar-refractivity contribution in [2.45, 2.75) is 25.5 Å². The van der Waals surface area contributed by atoms with E-state index in [1.165, 1.54) is 12.1 Å². The number of hydrogen-bond donors (Lipinski definition) is 0. The molecule has 2 aromatic carbocycles. The van der Waals surface area contributed by atoms with E-state index in [9.17, 15) is 8.60 Å². The van der Waals surface area contributed by atoms with Crippen molar-refractivity contribution in [3.63, 3.8) is 0 Å². The highest BCUT2D eigenvalue weighted by molar-refractivity contribution is 7.85. The second-order valence-electron chi connectivity index (χ2n) is 6.35. The molecule has 1 unspecified atom stereocenters. The maximum Gasteiger partial charge on any atom is 0.170 e. The van der Waals surface area contributed by atoms with Crippen LogP contribution in [-0.4, -0.2) is 20.3 Å². The van der Waals surface area contributed by atoms with Gasteiger partial charge in [-0.2, -0.15) is 4.40 Å². The summed E-state index contributed by atoms with van der Waals surface area (Å²) in [5, 5.41) is 4.78. The zero-order valence-electron chi connectivity index (χ0n) is 13.6. The van der Waals surface area contributed by atoms with Crippen LogP contribution in [0.1, 0.15) is 26.3 Å². The number of nitrogens with zero attached hydrogens (tertiary/aromatic N) is 2. The Balaban J connectivity index is 2.06. The minimum Gasteiger partial charge on any atom is -0.356 e. The van der Waals surface area contributed by atoms with Crippen LogP contribution in [0.25, 0.3) is 22.2 Å². The van der Waals surface area contributed by atoms with Crippen LogP contribution in [0.3, 0.4) is 0 Å². The maximum atomic E-state index is 13.3. The van der Waals surface area contributed by atoms with Gasteiger partial charge in [-0.15, -0.1) is 0 Å². The largest absolute Gasteiger partial charge is 0.356 e. The van der Waals surface area contributed by atoms with E-state index < -0.39 is 15.7 Å². The first-order valence-corrected chi connectivity index (χ1v) is 8.57. The minimum atomic E-state index is -1.35. The summed E-state index contributed by atoms with van der Waals surface area (Å²) in [5.74, 6) is -0.374. The van der Waals surface area contributed by atoms with Crippen LogP contribution < -0.4 is 0 Å². The molecule has 0 saturated carbocycles. The third-order valence-corrected chi connectivity index (χ3v) is 4.81. The highest BCUT2D eigenvalue weighted by atomic mass is 32.2. The second kappa shape index (κ2) is 6.28. The predicted molar refractivity (Wildman–Crippen MR) is 94.9 cm³/mol. The van der Waals surface area contributed by atoms with E-state index in [-0.39, 0.29) is 5.82 Å². The number of halogens is 1. The quantitative estimate of drug-likeness (QED) is 0.657. The van der Waals surface area contributed by atoms with Crippen molar-refractivity contribution in [1.82, 2.24) is 5.16 Å². The van der Waals surface area contributed by atoms with E-state index in [2.05, 4.69) is 9.55 Å². The van der Waals surface area contributed by atoms with Crippen LogP contribution in [0.2, 0.25) is 0 Å². The van der Waals surface area contributed by atoms with E-state index in [1.54, 1.807) is 12.3 Å². The smallest absolute Gasteiger partial charge is 0.170 e. The van der Waals surface area contributed by atoms with E-state index in [1.807, 2.05) is 45.0 Å². The van der Waals surface area contributed by atoms with Crippen LogP contribution in [-0.2, 0) is 11.0 Å². The molecule has 0 aliphatic carbocycles. The molecule has 1 heterocycles. The zero-order chi connectivity index (χ0) is 17.3. The molecule has 0 aliphatic heterocycles. The van der Waals surface area contributed by atoms with Gasteiger partial charge in [0.05, 0.1) is 4.75 Å². The number of benzene rings is 2. The summed E-state index contributed by atoms with van der Waals surface area (Å²) in [7, 11) is -1.35. The highest BCUT2D eigenvalue weighted by Crippen LogP contribution is 2.30. The van der Waals surface area contributed by atoms with Gasteiger partial charge < -0.3 is 4.52 Å². The fraction of sp³-hybridized carbons (Fsp3) is 0.222. The zero-order valence-corrected chi connectivity index (χ0v) is 14.4. The Morgan fingerprint density at radius 3 is 2.71 bits per heavy atom. The van der Waals surface area contributed by atoms with Gasteiger partial charge in [-0.05, 0) is 32.9 Å². The summed E-state index contributed by atoms with van der Waals surface area (Å²) >= 11 is 0. The third kappa shape index (κ3) is 3.28. The fourth-order valence-electron chi connectivity index (χ4n) is 2.19. The first kappa shape index (κ1) is 16.5. The van der Waals surface area contributed by atoms with Crippen LogP contribution in [0.15, 0.2) is 51.4 Å². The van der Waals surface area contributed by atoms with Crippen LogP contribution >= 0.6 is 0 Å². The van der Waals surface area contributed by atoms with Crippen LogP contribution in [0.5, 0.6) is 0 Å². The summed E-state index contributed by atoms with van der Waals surface area (Å²) in [6, 6.07) is 11.8. The summed E-state index contributed by atoms with van der Waals surface area (Å²) in [5.41, 5.74) is 2.55. The van der Waals surface area contributed by atoms with Gasteiger partial charge in [0.15, 0.2) is 5.58 Å². The lowest BCUT2D eigenvalue weighted by atomic mass is 10.0. The molecule has 0 bridgehead atoms. The normalized spacial score (nSPS) is 13.7. The van der Waals surface area contributed by atoms with Crippen molar-refractivity contribution in [1.29, 1.82) is 0 Å². The van der Waals surface area contributed by atoms with Crippen molar-refractivity contribution in [2.75, 3.05) is 0 Å². The SMILES string of the molecule is CC(C)(C)S(=O)/N=C/c1ccccc1-c1noc2cc(F)ccc12. The average Bonchev–Trinajstić information content (AvgIpc) is 2.94. The molecule has 3 rings (SSSR count). The third-order valence-electron chi connectivity index (χ3n) is 3.46. The standard InChI is InChI=1S/C18H17FN2O2S/c1-18(2,3)24(22)20-11-12-6-4-5-7-14(12)17-15-9-8-13(19)10-16(15)23-21-17/h4-11H,1-3H3/b20-11+. The van der Waals surface area contributed by atoms with Gasteiger partial charge in [0.25, 0.3) is 0 Å². The van der Waals surface area contributed by atoms with Crippen molar-refractivity contribution < 1.29 is 13.1 Å². The van der Waals surface area contributed by atoms with Gasteiger partial charge >= 0.3 is 0 Å². The molecule has 24 heavy (non-hydrogen) atoms. The molecule has 6 heteroatoms. The monoisotopic (exact) mass is 344 g/mol. The Morgan fingerprint density at radius 1 is 1.21 bits per heavy atom. The number of hydrogen-bond acceptors (Lipinski definition) is 3. The minimum absolute atomic E-state index is 0.374. The molecule has 0 saturated heterocycles. The van der Waals surface area contributed by atoms with Crippen molar-refractivity contribution in [3.05, 3.63) is 53.8 Å². The van der Waals surface area contributed by atoms with Crippen LogP contribution in [0.4, 0.5) is 4.39 Å². The molecule has 0 radical (unpaired) electrons. The van der Waals surface area contributed by atoms with Crippen molar-refractivity contribution in [3.8, 4) is 11.3 Å². The summed E-state index contributed by atoms with van der Waals surface area (Å²) < 4.78 is 34.4. The van der Waals surface area contributed by atoms with Gasteiger partial charge in [-0.25, -0.2) is 8.60 Å². The van der Waals surface area contributed by atoms with Crippen molar-refractivity contribution in [2.24, 2.45) is 4.40 Å². The number of aromatic nitrogens is 1. The Morgan fingerprint density at radius 2 is 1.96 bits per heavy atom. The lowest BCUT2D eigenvalue weighted by Crippen LogP contribution is -2.19. The van der Waals surface area contributed by atoms with E-state index >= 15 is 0 Å². The Bertz CT molecular complexity index is 942. The van der Waals surface area contributed by atoms with E-state index in [4.69, 9.17) is 4.52 Å². The second-order valence-corrected chi connectivity index (χ2v) is 8.29. The van der Waals surface area contributed by atoms with Gasteiger partial charge in [-0.1, -0.05) is 29.4 Å². The van der Waals surface area contributed by atoms with E-state index in [0.29, 0.717) is 16.7 Å². The van der Waals surface area contributed by atoms with Gasteiger partial charge in [0.1, 0.15) is 22.5 Å². The predicted octanol–water partition coefficient (Wildman–Crippen LogP) is 4.52. The highest BCUT2D eigenvalue weighted by Gasteiger charge is 2.19. The molecule has 0 amide bonds. The summed E-state index contributed by atoms with van der Waals surface area (Å²) in [6.45, 7) is 5.60. The molecule has 124 valence electrons. The summed E-state index contributed by atoms with van der Waals surface area (Å²) in [4.78, 5) is 0. The Labute approximate surface area is 142 Å². The number of fused-ring (bicyclic) bond motifs is 1. The van der Waals surface area contributed by atoms with Gasteiger partial charge in [-0.3, -0.25) is 0 Å². The molecular weight excluding hydrogens is 327 g/mol. The van der Waals surface area contributed by atoms with Gasteiger partial charge in [0.2, 0.25) is 0 Å². The molecule has 3 aromatic rings. The molecule has 0 N–H and O–H groups in total. The molecule has 0 aliphatic rings. The fourth-order valence-corrected chi connectivity index (χ4v) is 2.72. The van der Waals surface area contributed by atoms with Crippen LogP contribution in [0, 0.1) is 5.82 Å². The Hall–Kier alpha value is -2.34. The molecule has 1 aromatic heterocycles. The lowest BCUT2D eigenvalue weighted by Gasteiger charge is -2.12. The lowest BCUT2D eigenvalue weighted by molar-refractivity contribution is 0.457. The summed E-state index contributed by atoms with van der Waals surface area (Å²) in [6.07, 6.45) is 1.58. The molecule has 4 nitrogen and oxygen atoms in total. The molecule has 1 atom stereocenters. The number of rotatable bonds is 3. The van der Waals surface area contributed by atoms with Crippen molar-refractivity contribution >= 4 is 28.2 Å².